The van der Waals surface area contributed by atoms with Crippen molar-refractivity contribution < 1.29 is 14.3 Å². The number of amides is 1. The Morgan fingerprint density at radius 2 is 2.03 bits per heavy atom. The molecule has 1 amide bonds. The highest BCUT2D eigenvalue weighted by molar-refractivity contribution is 7.99. The molecule has 5 rings (SSSR count). The molecular formula is C21H24N6O3S. The number of anilines is 1. The van der Waals surface area contributed by atoms with E-state index in [-0.39, 0.29) is 12.7 Å². The van der Waals surface area contributed by atoms with Gasteiger partial charge < -0.3 is 24.7 Å². The minimum atomic E-state index is 0.164. The molecule has 31 heavy (non-hydrogen) atoms. The molecule has 0 bridgehead atoms. The Kier molecular flexibility index (Phi) is 5.31. The highest BCUT2D eigenvalue weighted by Gasteiger charge is 2.23. The molecule has 0 radical (unpaired) electrons. The van der Waals surface area contributed by atoms with E-state index in [2.05, 4.69) is 9.97 Å². The molecule has 1 aromatic rings. The molecule has 1 fully saturated rings. The summed E-state index contributed by atoms with van der Waals surface area (Å²) in [6.45, 7) is 4.36. The first-order chi connectivity index (χ1) is 15.1. The van der Waals surface area contributed by atoms with E-state index in [4.69, 9.17) is 20.2 Å². The summed E-state index contributed by atoms with van der Waals surface area (Å²) in [6, 6.07) is 5.78. The highest BCUT2D eigenvalue weighted by atomic mass is 32.2. The Balaban J connectivity index is 1.29. The number of carbonyl (C=O) groups excluding carboxylic acids is 1. The third-order valence-electron chi connectivity index (χ3n) is 5.86. The van der Waals surface area contributed by atoms with E-state index in [0.717, 1.165) is 61.1 Å². The monoisotopic (exact) mass is 440 g/mol. The van der Waals surface area contributed by atoms with E-state index in [1.165, 1.54) is 11.8 Å². The van der Waals surface area contributed by atoms with Gasteiger partial charge in [0, 0.05) is 31.5 Å². The van der Waals surface area contributed by atoms with Crippen LogP contribution in [0.1, 0.15) is 26.2 Å². The standard InChI is InChI=1S/C21H24N6O3S/c1-13(28)26-7-4-14(5-8-26)6-9-27-11-23-19(22)18-20(27)25-21(24-18)31-15-2-3-16-17(10-15)30-12-29-16/h2-3,10-11,14H,4-9,12,22H2,1H3. The number of nitrogens with zero attached hydrogens (tertiary/aromatic N) is 5. The van der Waals surface area contributed by atoms with Crippen molar-refractivity contribution in [3.63, 3.8) is 0 Å². The van der Waals surface area contributed by atoms with Crippen LogP contribution in [0.25, 0.3) is 11.5 Å². The van der Waals surface area contributed by atoms with E-state index in [9.17, 15) is 4.79 Å². The van der Waals surface area contributed by atoms with Crippen LogP contribution in [-0.4, -0.2) is 50.2 Å². The van der Waals surface area contributed by atoms with E-state index in [1.807, 2.05) is 27.7 Å². The Morgan fingerprint density at radius 3 is 2.84 bits per heavy atom. The number of nitrogens with two attached hydrogens (primary N) is 1. The molecule has 2 N–H and O–H groups in total. The summed E-state index contributed by atoms with van der Waals surface area (Å²) >= 11 is 1.45. The van der Waals surface area contributed by atoms with Gasteiger partial charge >= 0.3 is 0 Å². The zero-order chi connectivity index (χ0) is 21.4. The fourth-order valence-corrected chi connectivity index (χ4v) is 4.83. The van der Waals surface area contributed by atoms with Gasteiger partial charge in [-0.25, -0.2) is 15.0 Å². The van der Waals surface area contributed by atoms with Crippen molar-refractivity contribution in [2.24, 2.45) is 5.92 Å². The first kappa shape index (κ1) is 19.9. The van der Waals surface area contributed by atoms with Crippen LogP contribution in [0.15, 0.2) is 34.6 Å². The number of carbonyl (C=O) groups is 1. The molecule has 10 heteroatoms. The van der Waals surface area contributed by atoms with Gasteiger partial charge in [0.2, 0.25) is 12.7 Å². The minimum Gasteiger partial charge on any atom is -0.454 e. The normalized spacial score (nSPS) is 16.2. The molecule has 1 saturated heterocycles. The second kappa shape index (κ2) is 8.26. The van der Waals surface area contributed by atoms with Gasteiger partial charge in [-0.2, -0.15) is 0 Å². The first-order valence-corrected chi connectivity index (χ1v) is 11.2. The molecule has 4 aliphatic heterocycles. The Hall–Kier alpha value is -3.01. The van der Waals surface area contributed by atoms with Crippen molar-refractivity contribution in [1.29, 1.82) is 0 Å². The largest absolute Gasteiger partial charge is 0.454 e. The fraction of sp³-hybridized carbons (Fsp3) is 0.429. The average molecular weight is 441 g/mol. The number of ether oxygens (including phenoxy) is 2. The van der Waals surface area contributed by atoms with Crippen LogP contribution < -0.4 is 15.2 Å². The lowest BCUT2D eigenvalue weighted by Crippen LogP contribution is -2.37. The zero-order valence-electron chi connectivity index (χ0n) is 17.3. The van der Waals surface area contributed by atoms with E-state index in [0.29, 0.717) is 22.6 Å². The second-order valence-corrected chi connectivity index (χ2v) is 8.90. The molecule has 4 heterocycles. The molecule has 4 aliphatic rings. The topological polar surface area (TPSA) is 108 Å². The number of piperidine rings is 1. The Labute approximate surface area is 184 Å². The van der Waals surface area contributed by atoms with Gasteiger partial charge in [0.25, 0.3) is 0 Å². The van der Waals surface area contributed by atoms with Crippen molar-refractivity contribution >= 4 is 23.5 Å². The molecular weight excluding hydrogens is 416 g/mol. The smallest absolute Gasteiger partial charge is 0.231 e. The number of nitrogen functional groups attached to an aromatic ring is 1. The maximum absolute atomic E-state index is 11.5. The summed E-state index contributed by atoms with van der Waals surface area (Å²) in [7, 11) is 0. The highest BCUT2D eigenvalue weighted by Crippen LogP contribution is 2.38. The molecule has 0 aromatic heterocycles. The van der Waals surface area contributed by atoms with Gasteiger partial charge in [-0.05, 0) is 55.1 Å². The first-order valence-electron chi connectivity index (χ1n) is 10.4. The molecule has 0 spiro atoms. The summed E-state index contributed by atoms with van der Waals surface area (Å²) < 4.78 is 12.8. The van der Waals surface area contributed by atoms with Gasteiger partial charge in [-0.15, -0.1) is 0 Å². The van der Waals surface area contributed by atoms with Crippen LogP contribution in [0.2, 0.25) is 0 Å². The van der Waals surface area contributed by atoms with Crippen LogP contribution in [0, 0.1) is 5.92 Å². The van der Waals surface area contributed by atoms with Gasteiger partial charge in [0.15, 0.2) is 34.0 Å². The Bertz CT molecular complexity index is 1080. The molecule has 0 atom stereocenters. The molecule has 162 valence electrons. The third kappa shape index (κ3) is 4.12. The molecule has 0 unspecified atom stereocenters. The zero-order valence-corrected chi connectivity index (χ0v) is 18.1. The Morgan fingerprint density at radius 1 is 1.23 bits per heavy atom. The number of aromatic nitrogens is 4. The maximum atomic E-state index is 11.5. The SMILES string of the molecule is CC(=O)N1CCC(CCn2cnc(N)c3nc(Sc4ccc5c(c4)OCO5)nc2-3)CC1. The van der Waals surface area contributed by atoms with Crippen LogP contribution in [-0.2, 0) is 11.3 Å². The lowest BCUT2D eigenvalue weighted by Gasteiger charge is -2.31. The van der Waals surface area contributed by atoms with Crippen LogP contribution in [0.5, 0.6) is 11.5 Å². The number of rotatable bonds is 5. The summed E-state index contributed by atoms with van der Waals surface area (Å²) in [5.74, 6) is 3.35. The quantitative estimate of drug-likeness (QED) is 0.645. The predicted octanol–water partition coefficient (Wildman–Crippen LogP) is 2.89. The number of likely N-dealkylation sites (tertiary alicyclic amines) is 1. The number of aryl methyl sites for hydroxylation is 1. The van der Waals surface area contributed by atoms with Crippen molar-refractivity contribution in [2.75, 3.05) is 25.6 Å². The van der Waals surface area contributed by atoms with Crippen LogP contribution in [0.3, 0.4) is 0 Å². The van der Waals surface area contributed by atoms with E-state index >= 15 is 0 Å². The predicted molar refractivity (Wildman–Crippen MR) is 115 cm³/mol. The number of fused-ring (bicyclic) bond motifs is 2. The molecule has 0 aliphatic carbocycles. The average Bonchev–Trinajstić information content (AvgIpc) is 3.41. The molecule has 0 saturated carbocycles. The summed E-state index contributed by atoms with van der Waals surface area (Å²) in [5.41, 5.74) is 6.70. The fourth-order valence-electron chi connectivity index (χ4n) is 4.05. The lowest BCUT2D eigenvalue weighted by atomic mass is 9.93. The van der Waals surface area contributed by atoms with Gasteiger partial charge in [0.05, 0.1) is 6.33 Å². The van der Waals surface area contributed by atoms with Crippen molar-refractivity contribution in [2.45, 2.75) is 42.8 Å². The number of benzene rings is 1. The van der Waals surface area contributed by atoms with Crippen molar-refractivity contribution in [1.82, 2.24) is 24.4 Å². The van der Waals surface area contributed by atoms with Gasteiger partial charge in [0.1, 0.15) is 0 Å². The lowest BCUT2D eigenvalue weighted by molar-refractivity contribution is -0.130. The van der Waals surface area contributed by atoms with Crippen LogP contribution >= 0.6 is 11.8 Å². The summed E-state index contributed by atoms with van der Waals surface area (Å²) in [6.07, 6.45) is 4.81. The minimum absolute atomic E-state index is 0.164. The van der Waals surface area contributed by atoms with Crippen LogP contribution in [0.4, 0.5) is 5.82 Å². The number of hydrogen-bond acceptors (Lipinski definition) is 8. The van der Waals surface area contributed by atoms with E-state index < -0.39 is 0 Å². The summed E-state index contributed by atoms with van der Waals surface area (Å²) in [5, 5.41) is 0.622. The summed E-state index contributed by atoms with van der Waals surface area (Å²) in [4.78, 5) is 28.1. The van der Waals surface area contributed by atoms with Crippen molar-refractivity contribution in [3.8, 4) is 23.0 Å². The third-order valence-corrected chi connectivity index (χ3v) is 6.72. The second-order valence-electron chi connectivity index (χ2n) is 7.86. The molecule has 9 nitrogen and oxygen atoms in total. The van der Waals surface area contributed by atoms with Crippen molar-refractivity contribution in [3.05, 3.63) is 24.5 Å². The number of hydrogen-bond donors (Lipinski definition) is 1. The van der Waals surface area contributed by atoms with E-state index in [1.54, 1.807) is 13.3 Å². The molecule has 1 aromatic carbocycles. The van der Waals surface area contributed by atoms with Gasteiger partial charge in [-0.3, -0.25) is 4.79 Å². The maximum Gasteiger partial charge on any atom is 0.231 e. The van der Waals surface area contributed by atoms with Gasteiger partial charge in [-0.1, -0.05) is 0 Å². The number of imidazole rings is 1.